The van der Waals surface area contributed by atoms with Gasteiger partial charge in [0.2, 0.25) is 11.8 Å². The lowest BCUT2D eigenvalue weighted by atomic mass is 10.1. The standard InChI is InChI=1S/C17H24ClN3O2S/c1-24-11-6-15(19)17(23)21-9-7-20(8-10-21)16(22)12-13-4-2-3-5-14(13)18/h2-5,15H,6-12,19H2,1H3/t15-/m0/s1. The molecule has 0 bridgehead atoms. The highest BCUT2D eigenvalue weighted by Gasteiger charge is 2.27. The Morgan fingerprint density at radius 1 is 1.21 bits per heavy atom. The maximum absolute atomic E-state index is 12.4. The summed E-state index contributed by atoms with van der Waals surface area (Å²) in [6.45, 7) is 2.18. The van der Waals surface area contributed by atoms with Crippen LogP contribution in [0, 0.1) is 0 Å². The Bertz CT molecular complexity index is 577. The lowest BCUT2D eigenvalue weighted by Gasteiger charge is -2.36. The Hall–Kier alpha value is -1.24. The number of carbonyl (C=O) groups excluding carboxylic acids is 2. The summed E-state index contributed by atoms with van der Waals surface area (Å²) >= 11 is 7.80. The molecule has 24 heavy (non-hydrogen) atoms. The third-order valence-electron chi connectivity index (χ3n) is 4.19. The number of hydrogen-bond donors (Lipinski definition) is 1. The quantitative estimate of drug-likeness (QED) is 0.827. The Morgan fingerprint density at radius 3 is 2.46 bits per heavy atom. The van der Waals surface area contributed by atoms with E-state index in [-0.39, 0.29) is 11.8 Å². The number of carbonyl (C=O) groups is 2. The molecule has 0 saturated carbocycles. The van der Waals surface area contributed by atoms with E-state index >= 15 is 0 Å². The Balaban J connectivity index is 1.83. The van der Waals surface area contributed by atoms with Crippen LogP contribution in [0.15, 0.2) is 24.3 Å². The van der Waals surface area contributed by atoms with Gasteiger partial charge in [-0.1, -0.05) is 29.8 Å². The predicted octanol–water partition coefficient (Wildman–Crippen LogP) is 1.63. The molecule has 1 aromatic carbocycles. The summed E-state index contributed by atoms with van der Waals surface area (Å²) in [4.78, 5) is 28.3. The highest BCUT2D eigenvalue weighted by atomic mass is 35.5. The summed E-state index contributed by atoms with van der Waals surface area (Å²) < 4.78 is 0. The zero-order chi connectivity index (χ0) is 17.5. The monoisotopic (exact) mass is 369 g/mol. The smallest absolute Gasteiger partial charge is 0.239 e. The summed E-state index contributed by atoms with van der Waals surface area (Å²) in [7, 11) is 0. The topological polar surface area (TPSA) is 66.6 Å². The molecular weight excluding hydrogens is 346 g/mol. The number of hydrogen-bond acceptors (Lipinski definition) is 4. The van der Waals surface area contributed by atoms with Crippen molar-refractivity contribution >= 4 is 35.2 Å². The van der Waals surface area contributed by atoms with Crippen LogP contribution in [-0.4, -0.2) is 65.8 Å². The normalized spacial score (nSPS) is 16.1. The molecule has 1 aliphatic rings. The average molecular weight is 370 g/mol. The molecule has 7 heteroatoms. The minimum absolute atomic E-state index is 0.0118. The molecule has 1 saturated heterocycles. The summed E-state index contributed by atoms with van der Waals surface area (Å²) in [6.07, 6.45) is 2.98. The highest BCUT2D eigenvalue weighted by Crippen LogP contribution is 2.17. The van der Waals surface area contributed by atoms with Gasteiger partial charge < -0.3 is 15.5 Å². The van der Waals surface area contributed by atoms with Gasteiger partial charge in [0.1, 0.15) is 0 Å². The number of nitrogens with zero attached hydrogens (tertiary/aromatic N) is 2. The molecule has 2 N–H and O–H groups in total. The molecule has 5 nitrogen and oxygen atoms in total. The first-order valence-corrected chi connectivity index (χ1v) is 9.84. The largest absolute Gasteiger partial charge is 0.339 e. The molecule has 0 spiro atoms. The summed E-state index contributed by atoms with van der Waals surface area (Å²) in [5.74, 6) is 0.910. The molecule has 2 rings (SSSR count). The molecular formula is C17H24ClN3O2S. The summed E-state index contributed by atoms with van der Waals surface area (Å²) in [5, 5.41) is 0.611. The molecule has 0 aromatic heterocycles. The second-order valence-electron chi connectivity index (χ2n) is 5.86. The predicted molar refractivity (Wildman–Crippen MR) is 99.3 cm³/mol. The Morgan fingerprint density at radius 2 is 1.83 bits per heavy atom. The fraction of sp³-hybridized carbons (Fsp3) is 0.529. The van der Waals surface area contributed by atoms with Crippen LogP contribution in [0.5, 0.6) is 0 Å². The molecule has 1 fully saturated rings. The lowest BCUT2D eigenvalue weighted by Crippen LogP contribution is -2.54. The third-order valence-corrected chi connectivity index (χ3v) is 5.21. The second kappa shape index (κ2) is 9.30. The molecule has 1 aromatic rings. The van der Waals surface area contributed by atoms with Crippen LogP contribution in [0.4, 0.5) is 0 Å². The van der Waals surface area contributed by atoms with E-state index in [1.54, 1.807) is 27.6 Å². The van der Waals surface area contributed by atoms with Crippen LogP contribution in [0.25, 0.3) is 0 Å². The molecule has 132 valence electrons. The van der Waals surface area contributed by atoms with Crippen molar-refractivity contribution in [3.8, 4) is 0 Å². The fourth-order valence-corrected chi connectivity index (χ4v) is 3.39. The van der Waals surface area contributed by atoms with E-state index in [2.05, 4.69) is 0 Å². The van der Waals surface area contributed by atoms with Gasteiger partial charge in [-0.3, -0.25) is 9.59 Å². The van der Waals surface area contributed by atoms with Crippen molar-refractivity contribution in [3.05, 3.63) is 34.9 Å². The van der Waals surface area contributed by atoms with Gasteiger partial charge in [-0.15, -0.1) is 0 Å². The van der Waals surface area contributed by atoms with Gasteiger partial charge >= 0.3 is 0 Å². The Kier molecular flexibility index (Phi) is 7.40. The summed E-state index contributed by atoms with van der Waals surface area (Å²) in [6, 6.07) is 6.94. The number of nitrogens with two attached hydrogens (primary N) is 1. The van der Waals surface area contributed by atoms with Gasteiger partial charge in [0.05, 0.1) is 12.5 Å². The number of piperazine rings is 1. The number of rotatable bonds is 6. The van der Waals surface area contributed by atoms with Crippen molar-refractivity contribution in [1.29, 1.82) is 0 Å². The highest BCUT2D eigenvalue weighted by molar-refractivity contribution is 7.98. The molecule has 0 unspecified atom stereocenters. The van der Waals surface area contributed by atoms with Gasteiger partial charge in [-0.2, -0.15) is 11.8 Å². The van der Waals surface area contributed by atoms with Crippen LogP contribution in [0.2, 0.25) is 5.02 Å². The maximum Gasteiger partial charge on any atom is 0.239 e. The van der Waals surface area contributed by atoms with Crippen LogP contribution < -0.4 is 5.73 Å². The molecule has 1 aliphatic heterocycles. The second-order valence-corrected chi connectivity index (χ2v) is 7.26. The Labute approximate surface area is 152 Å². The third kappa shape index (κ3) is 5.13. The van der Waals surface area contributed by atoms with E-state index in [4.69, 9.17) is 17.3 Å². The van der Waals surface area contributed by atoms with E-state index in [0.717, 1.165) is 11.3 Å². The zero-order valence-electron chi connectivity index (χ0n) is 13.9. The van der Waals surface area contributed by atoms with Crippen LogP contribution in [-0.2, 0) is 16.0 Å². The van der Waals surface area contributed by atoms with E-state index in [9.17, 15) is 9.59 Å². The van der Waals surface area contributed by atoms with Crippen LogP contribution in [0.3, 0.4) is 0 Å². The van der Waals surface area contributed by atoms with Crippen LogP contribution in [0.1, 0.15) is 12.0 Å². The number of benzene rings is 1. The molecule has 0 aliphatic carbocycles. The first kappa shape index (κ1) is 19.1. The van der Waals surface area contributed by atoms with Crippen molar-refractivity contribution in [2.24, 2.45) is 5.73 Å². The molecule has 1 heterocycles. The van der Waals surface area contributed by atoms with Gasteiger partial charge in [0.25, 0.3) is 0 Å². The summed E-state index contributed by atoms with van der Waals surface area (Å²) in [5.41, 5.74) is 6.78. The lowest BCUT2D eigenvalue weighted by molar-refractivity contribution is -0.140. The minimum atomic E-state index is -0.442. The van der Waals surface area contributed by atoms with E-state index in [1.807, 2.05) is 24.5 Å². The van der Waals surface area contributed by atoms with Gasteiger partial charge in [-0.05, 0) is 30.1 Å². The van der Waals surface area contributed by atoms with E-state index in [1.165, 1.54) is 0 Å². The molecule has 0 radical (unpaired) electrons. The maximum atomic E-state index is 12.4. The zero-order valence-corrected chi connectivity index (χ0v) is 15.5. The van der Waals surface area contributed by atoms with Crippen molar-refractivity contribution in [2.75, 3.05) is 38.2 Å². The minimum Gasteiger partial charge on any atom is -0.339 e. The number of thioether (sulfide) groups is 1. The molecule has 2 amide bonds. The van der Waals surface area contributed by atoms with Gasteiger partial charge in [0.15, 0.2) is 0 Å². The first-order valence-electron chi connectivity index (χ1n) is 8.07. The fourth-order valence-electron chi connectivity index (χ4n) is 2.70. The van der Waals surface area contributed by atoms with Crippen molar-refractivity contribution < 1.29 is 9.59 Å². The number of halogens is 1. The molecule has 1 atom stereocenters. The van der Waals surface area contributed by atoms with Gasteiger partial charge in [0, 0.05) is 31.2 Å². The van der Waals surface area contributed by atoms with E-state index < -0.39 is 6.04 Å². The van der Waals surface area contributed by atoms with Gasteiger partial charge in [-0.25, -0.2) is 0 Å². The average Bonchev–Trinajstić information content (AvgIpc) is 2.61. The van der Waals surface area contributed by atoms with Crippen molar-refractivity contribution in [1.82, 2.24) is 9.80 Å². The van der Waals surface area contributed by atoms with E-state index in [0.29, 0.717) is 44.0 Å². The SMILES string of the molecule is CSCC[C@H](N)C(=O)N1CCN(C(=O)Cc2ccccc2Cl)CC1. The van der Waals surface area contributed by atoms with Crippen LogP contribution >= 0.6 is 23.4 Å². The van der Waals surface area contributed by atoms with Crippen molar-refractivity contribution in [2.45, 2.75) is 18.9 Å². The number of amides is 2. The van der Waals surface area contributed by atoms with Crippen molar-refractivity contribution in [3.63, 3.8) is 0 Å². The first-order chi connectivity index (χ1) is 11.5.